The van der Waals surface area contributed by atoms with Crippen molar-refractivity contribution in [2.75, 3.05) is 43.3 Å². The predicted molar refractivity (Wildman–Crippen MR) is 154 cm³/mol. The SMILES string of the molecule is CC(C)(C)C(=O)OCOC(=O)Cn1cnc2c(N3CCOCC3)nc(NCc3ccc(C4CCCCC4)cc3)nc21. The average Bonchev–Trinajstić information content (AvgIpc) is 3.38. The molecule has 0 spiro atoms. The largest absolute Gasteiger partial charge is 0.427 e. The van der Waals surface area contributed by atoms with E-state index in [1.54, 1.807) is 31.7 Å². The minimum absolute atomic E-state index is 0.134. The summed E-state index contributed by atoms with van der Waals surface area (Å²) in [5.41, 5.74) is 3.00. The molecule has 1 aliphatic heterocycles. The number of rotatable bonds is 9. The summed E-state index contributed by atoms with van der Waals surface area (Å²) in [7, 11) is 0. The van der Waals surface area contributed by atoms with Gasteiger partial charge in [-0.15, -0.1) is 0 Å². The highest BCUT2D eigenvalue weighted by atomic mass is 16.7. The van der Waals surface area contributed by atoms with Crippen LogP contribution in [0, 0.1) is 5.41 Å². The number of esters is 2. The van der Waals surface area contributed by atoms with Gasteiger partial charge in [0.2, 0.25) is 12.7 Å². The second-order valence-corrected chi connectivity index (χ2v) is 11.8. The second kappa shape index (κ2) is 12.8. The highest BCUT2D eigenvalue weighted by molar-refractivity contribution is 5.86. The van der Waals surface area contributed by atoms with Gasteiger partial charge in [-0.3, -0.25) is 9.59 Å². The summed E-state index contributed by atoms with van der Waals surface area (Å²) in [6, 6.07) is 8.83. The number of hydrogen-bond donors (Lipinski definition) is 1. The van der Waals surface area contributed by atoms with Gasteiger partial charge in [-0.25, -0.2) is 4.98 Å². The molecule has 2 fully saturated rings. The van der Waals surface area contributed by atoms with Crippen molar-refractivity contribution < 1.29 is 23.8 Å². The van der Waals surface area contributed by atoms with E-state index < -0.39 is 24.1 Å². The Morgan fingerprint density at radius 2 is 1.76 bits per heavy atom. The Labute approximate surface area is 240 Å². The molecule has 0 bridgehead atoms. The van der Waals surface area contributed by atoms with Crippen molar-refractivity contribution in [3.05, 3.63) is 41.7 Å². The zero-order chi connectivity index (χ0) is 28.8. The number of carbonyl (C=O) groups is 2. The van der Waals surface area contributed by atoms with Gasteiger partial charge in [0.1, 0.15) is 6.54 Å². The second-order valence-electron chi connectivity index (χ2n) is 11.8. The Balaban J connectivity index is 1.30. The van der Waals surface area contributed by atoms with Crippen molar-refractivity contribution in [1.29, 1.82) is 0 Å². The van der Waals surface area contributed by atoms with Crippen LogP contribution in [0.25, 0.3) is 11.2 Å². The molecular weight excluding hydrogens is 524 g/mol. The van der Waals surface area contributed by atoms with Crippen molar-refractivity contribution >= 4 is 34.9 Å². The monoisotopic (exact) mass is 564 g/mol. The highest BCUT2D eigenvalue weighted by Crippen LogP contribution is 2.32. The molecule has 0 amide bonds. The molecule has 0 radical (unpaired) electrons. The molecule has 3 aromatic rings. The lowest BCUT2D eigenvalue weighted by Crippen LogP contribution is -2.37. The Bertz CT molecular complexity index is 1340. The fraction of sp³-hybridized carbons (Fsp3) is 0.567. The Kier molecular flexibility index (Phi) is 9.02. The van der Waals surface area contributed by atoms with Crippen LogP contribution in [0.5, 0.6) is 0 Å². The summed E-state index contributed by atoms with van der Waals surface area (Å²) in [6.45, 7) is 7.76. The minimum atomic E-state index is -0.680. The number of fused-ring (bicyclic) bond motifs is 1. The summed E-state index contributed by atoms with van der Waals surface area (Å²) in [6.07, 6.45) is 8.09. The van der Waals surface area contributed by atoms with E-state index in [0.29, 0.717) is 61.7 Å². The van der Waals surface area contributed by atoms with E-state index in [9.17, 15) is 9.59 Å². The molecule has 220 valence electrons. The molecule has 11 nitrogen and oxygen atoms in total. The number of hydrogen-bond acceptors (Lipinski definition) is 10. The Morgan fingerprint density at radius 3 is 2.46 bits per heavy atom. The number of anilines is 2. The number of nitrogens with zero attached hydrogens (tertiary/aromatic N) is 5. The standard InChI is InChI=1S/C30H40N6O5/c1-30(2,3)28(38)41-20-40-24(37)18-36-19-32-25-26(35-13-15-39-16-14-35)33-29(34-27(25)36)31-17-21-9-11-23(12-10-21)22-7-5-4-6-8-22/h9-12,19,22H,4-8,13-18,20H2,1-3H3,(H,31,33,34). The molecule has 11 heteroatoms. The zero-order valence-electron chi connectivity index (χ0n) is 24.2. The smallest absolute Gasteiger partial charge is 0.328 e. The summed E-state index contributed by atoms with van der Waals surface area (Å²) in [5.74, 6) is 0.806. The first-order valence-corrected chi connectivity index (χ1v) is 14.5. The summed E-state index contributed by atoms with van der Waals surface area (Å²) in [5, 5.41) is 3.37. The van der Waals surface area contributed by atoms with E-state index in [2.05, 4.69) is 39.5 Å². The van der Waals surface area contributed by atoms with Crippen LogP contribution < -0.4 is 10.2 Å². The van der Waals surface area contributed by atoms with Crippen LogP contribution in [0.1, 0.15) is 69.9 Å². The lowest BCUT2D eigenvalue weighted by Gasteiger charge is -2.28. The molecule has 2 aliphatic rings. The van der Waals surface area contributed by atoms with Crippen LogP contribution in [-0.4, -0.2) is 64.6 Å². The van der Waals surface area contributed by atoms with Crippen LogP contribution >= 0.6 is 0 Å². The molecule has 3 heterocycles. The minimum Gasteiger partial charge on any atom is -0.427 e. The van der Waals surface area contributed by atoms with Gasteiger partial charge in [-0.1, -0.05) is 43.5 Å². The van der Waals surface area contributed by atoms with Gasteiger partial charge in [0.25, 0.3) is 0 Å². The fourth-order valence-corrected chi connectivity index (χ4v) is 5.19. The molecule has 1 aromatic carbocycles. The topological polar surface area (TPSA) is 121 Å². The zero-order valence-corrected chi connectivity index (χ0v) is 24.2. The number of aromatic nitrogens is 4. The van der Waals surface area contributed by atoms with Crippen LogP contribution in [0.4, 0.5) is 11.8 Å². The molecule has 1 saturated carbocycles. The van der Waals surface area contributed by atoms with E-state index in [1.165, 1.54) is 37.7 Å². The van der Waals surface area contributed by atoms with Gasteiger partial charge in [0.05, 0.1) is 25.0 Å². The summed E-state index contributed by atoms with van der Waals surface area (Å²) < 4.78 is 17.4. The molecule has 0 unspecified atom stereocenters. The summed E-state index contributed by atoms with van der Waals surface area (Å²) >= 11 is 0. The first kappa shape index (κ1) is 28.8. The molecule has 41 heavy (non-hydrogen) atoms. The number of carbonyl (C=O) groups excluding carboxylic acids is 2. The van der Waals surface area contributed by atoms with Crippen LogP contribution in [0.2, 0.25) is 0 Å². The van der Waals surface area contributed by atoms with Crippen molar-refractivity contribution in [3.63, 3.8) is 0 Å². The predicted octanol–water partition coefficient (Wildman–Crippen LogP) is 4.41. The van der Waals surface area contributed by atoms with Gasteiger partial charge in [0.15, 0.2) is 17.0 Å². The number of nitrogens with one attached hydrogen (secondary N) is 1. The Hall–Kier alpha value is -3.73. The van der Waals surface area contributed by atoms with E-state index in [1.807, 2.05) is 0 Å². The third-order valence-electron chi connectivity index (χ3n) is 7.58. The van der Waals surface area contributed by atoms with Gasteiger partial charge in [-0.05, 0) is 50.7 Å². The van der Waals surface area contributed by atoms with E-state index in [0.717, 1.165) is 5.56 Å². The molecule has 1 saturated heterocycles. The molecule has 1 N–H and O–H groups in total. The third-order valence-corrected chi connectivity index (χ3v) is 7.58. The van der Waals surface area contributed by atoms with E-state index in [4.69, 9.17) is 24.2 Å². The number of imidazole rings is 1. The molecular formula is C30H40N6O5. The number of benzene rings is 1. The molecule has 0 atom stereocenters. The third kappa shape index (κ3) is 7.32. The fourth-order valence-electron chi connectivity index (χ4n) is 5.19. The maximum atomic E-state index is 12.6. The van der Waals surface area contributed by atoms with Crippen molar-refractivity contribution in [2.45, 2.75) is 71.9 Å². The van der Waals surface area contributed by atoms with E-state index in [-0.39, 0.29) is 6.54 Å². The maximum absolute atomic E-state index is 12.6. The Morgan fingerprint density at radius 1 is 1.02 bits per heavy atom. The van der Waals surface area contributed by atoms with Crippen LogP contribution in [-0.2, 0) is 36.9 Å². The van der Waals surface area contributed by atoms with E-state index >= 15 is 0 Å². The van der Waals surface area contributed by atoms with Crippen LogP contribution in [0.3, 0.4) is 0 Å². The normalized spacial score (nSPS) is 16.5. The maximum Gasteiger partial charge on any atom is 0.328 e. The average molecular weight is 565 g/mol. The van der Waals surface area contributed by atoms with Crippen molar-refractivity contribution in [1.82, 2.24) is 19.5 Å². The van der Waals surface area contributed by atoms with Crippen molar-refractivity contribution in [3.8, 4) is 0 Å². The molecule has 5 rings (SSSR count). The molecule has 1 aliphatic carbocycles. The van der Waals surface area contributed by atoms with Crippen LogP contribution in [0.15, 0.2) is 30.6 Å². The molecule has 2 aromatic heterocycles. The first-order chi connectivity index (χ1) is 19.8. The number of morpholine rings is 1. The first-order valence-electron chi connectivity index (χ1n) is 14.5. The lowest BCUT2D eigenvalue weighted by molar-refractivity contribution is -0.173. The van der Waals surface area contributed by atoms with Gasteiger partial charge >= 0.3 is 11.9 Å². The number of ether oxygens (including phenoxy) is 3. The summed E-state index contributed by atoms with van der Waals surface area (Å²) in [4.78, 5) is 40.7. The highest BCUT2D eigenvalue weighted by Gasteiger charge is 2.24. The van der Waals surface area contributed by atoms with Gasteiger partial charge in [0, 0.05) is 19.6 Å². The lowest BCUT2D eigenvalue weighted by atomic mass is 9.84. The van der Waals surface area contributed by atoms with Gasteiger partial charge < -0.3 is 29.0 Å². The van der Waals surface area contributed by atoms with Crippen molar-refractivity contribution in [2.24, 2.45) is 5.41 Å². The quantitative estimate of drug-likeness (QED) is 0.295. The van der Waals surface area contributed by atoms with Gasteiger partial charge in [-0.2, -0.15) is 9.97 Å².